The number of nitriles is 1. The third-order valence-electron chi connectivity index (χ3n) is 3.15. The molecule has 3 nitrogen and oxygen atoms in total. The van der Waals surface area contributed by atoms with Crippen LogP contribution in [0.1, 0.15) is 11.1 Å². The molecule has 0 saturated carbocycles. The van der Waals surface area contributed by atoms with Gasteiger partial charge in [-0.1, -0.05) is 23.7 Å². The predicted molar refractivity (Wildman–Crippen MR) is 82.2 cm³/mol. The van der Waals surface area contributed by atoms with Crippen LogP contribution in [0.3, 0.4) is 0 Å². The fraction of sp³-hybridized carbons (Fsp3) is 0.0588. The zero-order valence-electron chi connectivity index (χ0n) is 11.1. The summed E-state index contributed by atoms with van der Waals surface area (Å²) in [6.45, 7) is 0.350. The number of fused-ring (bicyclic) bond motifs is 1. The molecule has 3 rings (SSSR count). The normalized spacial score (nSPS) is 10.3. The van der Waals surface area contributed by atoms with Crippen molar-refractivity contribution in [2.75, 3.05) is 0 Å². The molecule has 21 heavy (non-hydrogen) atoms. The number of ether oxygens (including phenoxy) is 1. The van der Waals surface area contributed by atoms with Gasteiger partial charge in [-0.3, -0.25) is 4.98 Å². The third kappa shape index (κ3) is 2.96. The highest BCUT2D eigenvalue weighted by Gasteiger charge is 2.04. The van der Waals surface area contributed by atoms with Crippen LogP contribution in [0.4, 0.5) is 0 Å². The van der Waals surface area contributed by atoms with Crippen molar-refractivity contribution in [3.8, 4) is 11.8 Å². The summed E-state index contributed by atoms with van der Waals surface area (Å²) in [6.07, 6.45) is 1.75. The monoisotopic (exact) mass is 294 g/mol. The first-order valence-corrected chi connectivity index (χ1v) is 6.80. The van der Waals surface area contributed by atoms with Crippen LogP contribution in [0, 0.1) is 11.3 Å². The van der Waals surface area contributed by atoms with Crippen molar-refractivity contribution < 1.29 is 4.74 Å². The van der Waals surface area contributed by atoms with Crippen molar-refractivity contribution in [2.24, 2.45) is 0 Å². The smallest absolute Gasteiger partial charge is 0.122 e. The Morgan fingerprint density at radius 1 is 1.14 bits per heavy atom. The van der Waals surface area contributed by atoms with Crippen LogP contribution in [-0.2, 0) is 6.61 Å². The second-order valence-corrected chi connectivity index (χ2v) is 4.97. The topological polar surface area (TPSA) is 45.9 Å². The van der Waals surface area contributed by atoms with Gasteiger partial charge < -0.3 is 4.74 Å². The van der Waals surface area contributed by atoms with Crippen LogP contribution in [0.15, 0.2) is 54.7 Å². The van der Waals surface area contributed by atoms with Crippen molar-refractivity contribution in [1.82, 2.24) is 4.98 Å². The van der Waals surface area contributed by atoms with E-state index in [1.54, 1.807) is 24.4 Å². The first kappa shape index (κ1) is 13.4. The van der Waals surface area contributed by atoms with Gasteiger partial charge in [0.2, 0.25) is 0 Å². The lowest BCUT2D eigenvalue weighted by molar-refractivity contribution is 0.306. The van der Waals surface area contributed by atoms with Crippen LogP contribution >= 0.6 is 11.6 Å². The Hall–Kier alpha value is -2.57. The number of pyridine rings is 1. The number of benzene rings is 2. The molecule has 2 aromatic carbocycles. The van der Waals surface area contributed by atoms with E-state index >= 15 is 0 Å². The summed E-state index contributed by atoms with van der Waals surface area (Å²) in [6, 6.07) is 16.9. The average molecular weight is 295 g/mol. The fourth-order valence-electron chi connectivity index (χ4n) is 2.03. The predicted octanol–water partition coefficient (Wildman–Crippen LogP) is 4.34. The zero-order chi connectivity index (χ0) is 14.7. The summed E-state index contributed by atoms with van der Waals surface area (Å²) in [7, 11) is 0. The maximum atomic E-state index is 8.81. The summed E-state index contributed by atoms with van der Waals surface area (Å²) in [5, 5.41) is 10.4. The summed E-state index contributed by atoms with van der Waals surface area (Å²) in [5.74, 6) is 0.738. The molecule has 0 unspecified atom stereocenters. The van der Waals surface area contributed by atoms with Gasteiger partial charge in [0.25, 0.3) is 0 Å². The zero-order valence-corrected chi connectivity index (χ0v) is 11.8. The molecular formula is C17H11ClN2O. The van der Waals surface area contributed by atoms with Gasteiger partial charge in [0.05, 0.1) is 17.1 Å². The molecule has 0 aliphatic heterocycles. The number of hydrogen-bond donors (Lipinski definition) is 0. The van der Waals surface area contributed by atoms with Crippen molar-refractivity contribution in [3.63, 3.8) is 0 Å². The van der Waals surface area contributed by atoms with E-state index in [0.717, 1.165) is 22.2 Å². The molecule has 4 heteroatoms. The maximum Gasteiger partial charge on any atom is 0.122 e. The Morgan fingerprint density at radius 3 is 2.86 bits per heavy atom. The van der Waals surface area contributed by atoms with Gasteiger partial charge in [-0.2, -0.15) is 5.26 Å². The molecule has 0 aliphatic rings. The minimum absolute atomic E-state index is 0.350. The first-order valence-electron chi connectivity index (χ1n) is 6.42. The minimum atomic E-state index is 0.350. The lowest BCUT2D eigenvalue weighted by atomic mass is 10.1. The highest BCUT2D eigenvalue weighted by molar-refractivity contribution is 6.31. The summed E-state index contributed by atoms with van der Waals surface area (Å²) in [4.78, 5) is 4.29. The Bertz CT molecular complexity index is 840. The largest absolute Gasteiger partial charge is 0.489 e. The van der Waals surface area contributed by atoms with Gasteiger partial charge in [-0.25, -0.2) is 0 Å². The van der Waals surface area contributed by atoms with Crippen LogP contribution in [0.25, 0.3) is 10.9 Å². The Labute approximate surface area is 127 Å². The number of halogens is 1. The molecule has 0 bridgehead atoms. The van der Waals surface area contributed by atoms with Crippen molar-refractivity contribution in [1.29, 1.82) is 5.26 Å². The second-order valence-electron chi connectivity index (χ2n) is 4.56. The molecule has 1 heterocycles. The first-order chi connectivity index (χ1) is 10.3. The maximum absolute atomic E-state index is 8.81. The van der Waals surface area contributed by atoms with Crippen molar-refractivity contribution in [2.45, 2.75) is 6.61 Å². The van der Waals surface area contributed by atoms with Crippen LogP contribution in [-0.4, -0.2) is 4.98 Å². The molecule has 0 atom stereocenters. The van der Waals surface area contributed by atoms with Crippen molar-refractivity contribution >= 4 is 22.5 Å². The molecule has 0 aliphatic carbocycles. The average Bonchev–Trinajstić information content (AvgIpc) is 2.53. The second kappa shape index (κ2) is 5.82. The summed E-state index contributed by atoms with van der Waals surface area (Å²) < 4.78 is 5.75. The van der Waals surface area contributed by atoms with E-state index in [2.05, 4.69) is 11.1 Å². The summed E-state index contributed by atoms with van der Waals surface area (Å²) >= 11 is 6.13. The van der Waals surface area contributed by atoms with Gasteiger partial charge in [-0.05, 0) is 30.3 Å². The molecule has 0 fully saturated rings. The molecule has 3 aromatic rings. The van der Waals surface area contributed by atoms with E-state index in [1.165, 1.54) is 0 Å². The highest BCUT2D eigenvalue weighted by atomic mass is 35.5. The van der Waals surface area contributed by atoms with E-state index in [0.29, 0.717) is 17.2 Å². The lowest BCUT2D eigenvalue weighted by Gasteiger charge is -2.08. The molecule has 102 valence electrons. The summed E-state index contributed by atoms with van der Waals surface area (Å²) in [5.41, 5.74) is 2.27. The quantitative estimate of drug-likeness (QED) is 0.722. The van der Waals surface area contributed by atoms with E-state index in [4.69, 9.17) is 21.6 Å². The molecule has 0 amide bonds. The lowest BCUT2D eigenvalue weighted by Crippen LogP contribution is -1.97. The van der Waals surface area contributed by atoms with Crippen LogP contribution < -0.4 is 4.74 Å². The molecule has 0 saturated heterocycles. The van der Waals surface area contributed by atoms with Crippen LogP contribution in [0.2, 0.25) is 5.02 Å². The van der Waals surface area contributed by atoms with E-state index < -0.39 is 0 Å². The molecule has 0 spiro atoms. The van der Waals surface area contributed by atoms with Crippen molar-refractivity contribution in [3.05, 3.63) is 70.9 Å². The van der Waals surface area contributed by atoms with Gasteiger partial charge in [-0.15, -0.1) is 0 Å². The van der Waals surface area contributed by atoms with Gasteiger partial charge >= 0.3 is 0 Å². The minimum Gasteiger partial charge on any atom is -0.489 e. The number of nitrogens with zero attached hydrogens (tertiary/aromatic N) is 2. The Balaban J connectivity index is 1.78. The molecule has 0 N–H and O–H groups in total. The van der Waals surface area contributed by atoms with Gasteiger partial charge in [0.15, 0.2) is 0 Å². The number of aromatic nitrogens is 1. The van der Waals surface area contributed by atoms with Gasteiger partial charge in [0, 0.05) is 28.2 Å². The molecule has 0 radical (unpaired) electrons. The Morgan fingerprint density at radius 2 is 2.05 bits per heavy atom. The van der Waals surface area contributed by atoms with E-state index in [-0.39, 0.29) is 0 Å². The fourth-order valence-corrected chi connectivity index (χ4v) is 2.27. The molecule has 1 aromatic heterocycles. The van der Waals surface area contributed by atoms with E-state index in [1.807, 2.05) is 30.3 Å². The molecular weight excluding hydrogens is 284 g/mol. The SMILES string of the molecule is N#Cc1ccc(COc2ccc3cccnc3c2)c(Cl)c1. The number of rotatable bonds is 3. The number of hydrogen-bond acceptors (Lipinski definition) is 3. The van der Waals surface area contributed by atoms with E-state index in [9.17, 15) is 0 Å². The third-order valence-corrected chi connectivity index (χ3v) is 3.51. The van der Waals surface area contributed by atoms with Gasteiger partial charge in [0.1, 0.15) is 12.4 Å². The highest BCUT2D eigenvalue weighted by Crippen LogP contribution is 2.22. The Kier molecular flexibility index (Phi) is 3.72. The standard InChI is InChI=1S/C17H11ClN2O/c18-16-8-12(10-19)3-4-14(16)11-21-15-6-5-13-2-1-7-20-17(13)9-15/h1-9H,11H2. The van der Waals surface area contributed by atoms with Crippen LogP contribution in [0.5, 0.6) is 5.75 Å².